The average Bonchev–Trinajstić information content (AvgIpc) is 2.37. The fraction of sp³-hybridized carbons (Fsp3) is 0.533. The van der Waals surface area contributed by atoms with Crippen molar-refractivity contribution in [2.24, 2.45) is 0 Å². The van der Waals surface area contributed by atoms with E-state index in [9.17, 15) is 4.79 Å². The molecule has 0 bridgehead atoms. The van der Waals surface area contributed by atoms with Gasteiger partial charge in [0.2, 0.25) is 0 Å². The van der Waals surface area contributed by atoms with Crippen molar-refractivity contribution in [3.63, 3.8) is 0 Å². The van der Waals surface area contributed by atoms with E-state index in [-0.39, 0.29) is 5.91 Å². The Morgan fingerprint density at radius 1 is 1.37 bits per heavy atom. The third-order valence-electron chi connectivity index (χ3n) is 3.39. The van der Waals surface area contributed by atoms with Crippen LogP contribution in [0.4, 0.5) is 5.69 Å². The summed E-state index contributed by atoms with van der Waals surface area (Å²) in [5, 5.41) is 6.03. The molecule has 4 nitrogen and oxygen atoms in total. The maximum absolute atomic E-state index is 12.1. The van der Waals surface area contributed by atoms with Gasteiger partial charge in [-0.1, -0.05) is 0 Å². The first kappa shape index (κ1) is 15.5. The van der Waals surface area contributed by atoms with Crippen molar-refractivity contribution in [1.29, 1.82) is 0 Å². The fourth-order valence-corrected chi connectivity index (χ4v) is 1.77. The number of amides is 1. The molecule has 0 heterocycles. The van der Waals surface area contributed by atoms with E-state index in [4.69, 9.17) is 0 Å². The Hall–Kier alpha value is -1.55. The molecule has 0 saturated carbocycles. The van der Waals surface area contributed by atoms with Gasteiger partial charge in [-0.05, 0) is 51.6 Å². The summed E-state index contributed by atoms with van der Waals surface area (Å²) in [7, 11) is 3.93. The van der Waals surface area contributed by atoms with Gasteiger partial charge < -0.3 is 15.5 Å². The van der Waals surface area contributed by atoms with Gasteiger partial charge in [-0.2, -0.15) is 0 Å². The topological polar surface area (TPSA) is 44.4 Å². The number of carbonyl (C=O) groups excluding carboxylic acids is 1. The zero-order valence-corrected chi connectivity index (χ0v) is 12.6. The summed E-state index contributed by atoms with van der Waals surface area (Å²) in [6, 6.07) is 6.26. The number of hydrogen-bond donors (Lipinski definition) is 2. The van der Waals surface area contributed by atoms with Crippen molar-refractivity contribution in [2.45, 2.75) is 26.8 Å². The van der Waals surface area contributed by atoms with Gasteiger partial charge in [0, 0.05) is 37.4 Å². The summed E-state index contributed by atoms with van der Waals surface area (Å²) in [6.45, 7) is 7.76. The predicted molar refractivity (Wildman–Crippen MR) is 80.8 cm³/mol. The summed E-state index contributed by atoms with van der Waals surface area (Å²) >= 11 is 0. The van der Waals surface area contributed by atoms with Gasteiger partial charge in [0.15, 0.2) is 0 Å². The lowest BCUT2D eigenvalue weighted by Crippen LogP contribution is -2.36. The molecule has 1 aromatic rings. The third kappa shape index (κ3) is 4.56. The Balaban J connectivity index is 2.54. The van der Waals surface area contributed by atoms with Crippen molar-refractivity contribution in [1.82, 2.24) is 10.2 Å². The van der Waals surface area contributed by atoms with E-state index >= 15 is 0 Å². The van der Waals surface area contributed by atoms with Gasteiger partial charge in [0.1, 0.15) is 0 Å². The van der Waals surface area contributed by atoms with Crippen LogP contribution in [0.3, 0.4) is 0 Å². The average molecular weight is 263 g/mol. The Morgan fingerprint density at radius 2 is 2.05 bits per heavy atom. The second-order valence-electron chi connectivity index (χ2n) is 5.11. The van der Waals surface area contributed by atoms with Gasteiger partial charge in [0.05, 0.1) is 0 Å². The van der Waals surface area contributed by atoms with Crippen LogP contribution in [0.25, 0.3) is 0 Å². The van der Waals surface area contributed by atoms with Crippen LogP contribution in [0.2, 0.25) is 0 Å². The van der Waals surface area contributed by atoms with E-state index in [2.05, 4.69) is 36.4 Å². The van der Waals surface area contributed by atoms with E-state index in [1.165, 1.54) is 0 Å². The van der Waals surface area contributed by atoms with Gasteiger partial charge in [-0.3, -0.25) is 4.79 Å². The zero-order valence-electron chi connectivity index (χ0n) is 12.6. The van der Waals surface area contributed by atoms with E-state index in [1.54, 1.807) is 0 Å². The minimum atomic E-state index is -0.00249. The van der Waals surface area contributed by atoms with Crippen LogP contribution in [-0.4, -0.2) is 44.0 Å². The molecule has 4 heteroatoms. The summed E-state index contributed by atoms with van der Waals surface area (Å²) in [6.07, 6.45) is 0. The molecule has 1 amide bonds. The molecular weight excluding hydrogens is 238 g/mol. The highest BCUT2D eigenvalue weighted by molar-refractivity contribution is 5.96. The molecule has 0 atom stereocenters. The molecule has 0 saturated heterocycles. The third-order valence-corrected chi connectivity index (χ3v) is 3.39. The van der Waals surface area contributed by atoms with Crippen molar-refractivity contribution in [3.05, 3.63) is 29.3 Å². The van der Waals surface area contributed by atoms with Crippen molar-refractivity contribution in [3.8, 4) is 0 Å². The minimum Gasteiger partial charge on any atom is -0.388 e. The number of benzene rings is 1. The molecule has 0 radical (unpaired) electrons. The number of aryl methyl sites for hydroxylation is 1. The molecule has 0 spiro atoms. The number of nitrogens with zero attached hydrogens (tertiary/aromatic N) is 1. The van der Waals surface area contributed by atoms with Crippen LogP contribution in [-0.2, 0) is 0 Å². The van der Waals surface area contributed by atoms with Crippen LogP contribution in [0.15, 0.2) is 18.2 Å². The highest BCUT2D eigenvalue weighted by atomic mass is 16.1. The first-order valence-electron chi connectivity index (χ1n) is 6.72. The molecule has 2 N–H and O–H groups in total. The Labute approximate surface area is 116 Å². The maximum atomic E-state index is 12.1. The molecule has 106 valence electrons. The molecule has 0 aliphatic heterocycles. The summed E-state index contributed by atoms with van der Waals surface area (Å²) in [5.74, 6) is -0.00249. The molecule has 1 aromatic carbocycles. The first-order chi connectivity index (χ1) is 8.95. The lowest BCUT2D eigenvalue weighted by atomic mass is 10.1. The van der Waals surface area contributed by atoms with Crippen LogP contribution >= 0.6 is 0 Å². The number of anilines is 1. The largest absolute Gasteiger partial charge is 0.388 e. The quantitative estimate of drug-likeness (QED) is 0.826. The Kier molecular flexibility index (Phi) is 5.83. The number of rotatable bonds is 6. The molecule has 0 unspecified atom stereocenters. The van der Waals surface area contributed by atoms with Crippen LogP contribution in [0.5, 0.6) is 0 Å². The highest BCUT2D eigenvalue weighted by Crippen LogP contribution is 2.14. The molecule has 0 aliphatic rings. The smallest absolute Gasteiger partial charge is 0.251 e. The minimum absolute atomic E-state index is 0.00249. The number of carbonyl (C=O) groups is 1. The molecular formula is C15H25N3O. The van der Waals surface area contributed by atoms with Gasteiger partial charge in [-0.15, -0.1) is 0 Å². The SMILES string of the molecule is CNc1ccc(C(=O)NCCN(C)C(C)C)c(C)c1. The predicted octanol–water partition coefficient (Wildman–Crippen LogP) is 2.11. The molecule has 0 fully saturated rings. The van der Waals surface area contributed by atoms with Crippen molar-refractivity contribution in [2.75, 3.05) is 32.5 Å². The van der Waals surface area contributed by atoms with E-state index in [1.807, 2.05) is 32.2 Å². The van der Waals surface area contributed by atoms with Crippen LogP contribution < -0.4 is 10.6 Å². The summed E-state index contributed by atoms with van der Waals surface area (Å²) in [4.78, 5) is 14.3. The van der Waals surface area contributed by atoms with Crippen LogP contribution in [0, 0.1) is 6.92 Å². The number of likely N-dealkylation sites (N-methyl/N-ethyl adjacent to an activating group) is 1. The number of hydrogen-bond acceptors (Lipinski definition) is 3. The lowest BCUT2D eigenvalue weighted by molar-refractivity contribution is 0.0947. The molecule has 0 aliphatic carbocycles. The highest BCUT2D eigenvalue weighted by Gasteiger charge is 2.09. The van der Waals surface area contributed by atoms with Crippen molar-refractivity contribution >= 4 is 11.6 Å². The van der Waals surface area contributed by atoms with E-state index in [0.29, 0.717) is 12.6 Å². The first-order valence-corrected chi connectivity index (χ1v) is 6.72. The zero-order chi connectivity index (χ0) is 14.4. The second-order valence-corrected chi connectivity index (χ2v) is 5.11. The second kappa shape index (κ2) is 7.14. The maximum Gasteiger partial charge on any atom is 0.251 e. The molecule has 19 heavy (non-hydrogen) atoms. The molecule has 0 aromatic heterocycles. The Morgan fingerprint density at radius 3 is 2.58 bits per heavy atom. The fourth-order valence-electron chi connectivity index (χ4n) is 1.77. The van der Waals surface area contributed by atoms with Crippen molar-refractivity contribution < 1.29 is 4.79 Å². The monoisotopic (exact) mass is 263 g/mol. The summed E-state index contributed by atoms with van der Waals surface area (Å²) < 4.78 is 0. The Bertz CT molecular complexity index is 429. The summed E-state index contributed by atoms with van der Waals surface area (Å²) in [5.41, 5.74) is 2.75. The van der Waals surface area contributed by atoms with Gasteiger partial charge >= 0.3 is 0 Å². The van der Waals surface area contributed by atoms with Crippen LogP contribution in [0.1, 0.15) is 29.8 Å². The van der Waals surface area contributed by atoms with Gasteiger partial charge in [-0.25, -0.2) is 0 Å². The normalized spacial score (nSPS) is 10.9. The lowest BCUT2D eigenvalue weighted by Gasteiger charge is -2.21. The van der Waals surface area contributed by atoms with Gasteiger partial charge in [0.25, 0.3) is 5.91 Å². The van der Waals surface area contributed by atoms with E-state index < -0.39 is 0 Å². The number of nitrogens with one attached hydrogen (secondary N) is 2. The molecule has 1 rings (SSSR count). The standard InChI is InChI=1S/C15H25N3O/c1-11(2)18(5)9-8-17-15(19)14-7-6-13(16-4)10-12(14)3/h6-7,10-11,16H,8-9H2,1-5H3,(H,17,19). The van der Waals surface area contributed by atoms with E-state index in [0.717, 1.165) is 23.4 Å².